The van der Waals surface area contributed by atoms with Crippen LogP contribution in [0.4, 0.5) is 18.9 Å². The van der Waals surface area contributed by atoms with Crippen molar-refractivity contribution in [1.82, 2.24) is 10.3 Å². The second-order valence-corrected chi connectivity index (χ2v) is 5.21. The van der Waals surface area contributed by atoms with Gasteiger partial charge in [0, 0.05) is 6.07 Å². The van der Waals surface area contributed by atoms with Crippen molar-refractivity contribution in [3.63, 3.8) is 0 Å². The Kier molecular flexibility index (Phi) is 8.81. The Bertz CT molecular complexity index is 521. The standard InChI is InChI=1S/C14H18F3N3O2.2ClH/c1-2-13(6-3-7-19-13)12(21)20-10-4-5-11(18-8-10)22-9-14(15,16)17;;/h4-5,8,19H,2-3,6-7,9H2,1H3,(H,20,21);2*1H. The minimum absolute atomic E-state index is 0. The lowest BCUT2D eigenvalue weighted by molar-refractivity contribution is -0.154. The van der Waals surface area contributed by atoms with Gasteiger partial charge < -0.3 is 15.4 Å². The monoisotopic (exact) mass is 389 g/mol. The van der Waals surface area contributed by atoms with Gasteiger partial charge in [-0.05, 0) is 31.9 Å². The van der Waals surface area contributed by atoms with Crippen LogP contribution in [-0.4, -0.2) is 35.8 Å². The van der Waals surface area contributed by atoms with Crippen LogP contribution in [0.1, 0.15) is 26.2 Å². The summed E-state index contributed by atoms with van der Waals surface area (Å²) in [5.74, 6) is -0.294. The molecule has 1 aromatic heterocycles. The number of pyridine rings is 1. The van der Waals surface area contributed by atoms with E-state index in [1.54, 1.807) is 0 Å². The van der Waals surface area contributed by atoms with Crippen LogP contribution in [0.5, 0.6) is 5.88 Å². The molecule has 2 rings (SSSR count). The Morgan fingerprint density at radius 2 is 2.12 bits per heavy atom. The molecule has 1 fully saturated rings. The third kappa shape index (κ3) is 5.99. The molecule has 24 heavy (non-hydrogen) atoms. The van der Waals surface area contributed by atoms with Crippen LogP contribution in [-0.2, 0) is 4.79 Å². The third-order valence-electron chi connectivity index (χ3n) is 3.66. The smallest absolute Gasteiger partial charge is 0.422 e. The topological polar surface area (TPSA) is 63.2 Å². The molecule has 1 unspecified atom stereocenters. The number of nitrogens with one attached hydrogen (secondary N) is 2. The molecule has 0 radical (unpaired) electrons. The summed E-state index contributed by atoms with van der Waals surface area (Å²) in [5.41, 5.74) is -0.156. The Labute approximate surface area is 150 Å². The maximum absolute atomic E-state index is 12.3. The Morgan fingerprint density at radius 3 is 2.58 bits per heavy atom. The minimum Gasteiger partial charge on any atom is -0.468 e. The summed E-state index contributed by atoms with van der Waals surface area (Å²) >= 11 is 0. The lowest BCUT2D eigenvalue weighted by Gasteiger charge is -2.26. The molecule has 1 atom stereocenters. The summed E-state index contributed by atoms with van der Waals surface area (Å²) in [4.78, 5) is 16.1. The first-order chi connectivity index (χ1) is 10.3. The molecule has 5 nitrogen and oxygen atoms in total. The van der Waals surface area contributed by atoms with Gasteiger partial charge >= 0.3 is 6.18 Å². The number of amides is 1. The number of alkyl halides is 3. The highest BCUT2D eigenvalue weighted by Gasteiger charge is 2.39. The fourth-order valence-electron chi connectivity index (χ4n) is 2.41. The van der Waals surface area contributed by atoms with Crippen molar-refractivity contribution in [1.29, 1.82) is 0 Å². The van der Waals surface area contributed by atoms with Crippen LogP contribution in [0.25, 0.3) is 0 Å². The van der Waals surface area contributed by atoms with Crippen LogP contribution in [0.2, 0.25) is 0 Å². The number of rotatable bonds is 5. The first kappa shape index (κ1) is 22.8. The number of anilines is 1. The molecule has 1 aliphatic heterocycles. The molecule has 2 heterocycles. The van der Waals surface area contributed by atoms with E-state index in [4.69, 9.17) is 0 Å². The summed E-state index contributed by atoms with van der Waals surface area (Å²) in [6, 6.07) is 2.76. The normalized spacial score (nSPS) is 19.8. The van der Waals surface area contributed by atoms with Gasteiger partial charge in [0.1, 0.15) is 0 Å². The van der Waals surface area contributed by atoms with Crippen LogP contribution < -0.4 is 15.4 Å². The second-order valence-electron chi connectivity index (χ2n) is 5.21. The molecule has 1 aromatic rings. The molecule has 0 aromatic carbocycles. The van der Waals surface area contributed by atoms with E-state index in [0.29, 0.717) is 12.1 Å². The maximum Gasteiger partial charge on any atom is 0.422 e. The number of hydrogen-bond acceptors (Lipinski definition) is 4. The average Bonchev–Trinajstić information content (AvgIpc) is 2.96. The Morgan fingerprint density at radius 1 is 1.42 bits per heavy atom. The van der Waals surface area contributed by atoms with E-state index >= 15 is 0 Å². The summed E-state index contributed by atoms with van der Waals surface area (Å²) in [7, 11) is 0. The first-order valence-electron chi connectivity index (χ1n) is 7.07. The van der Waals surface area contributed by atoms with Gasteiger partial charge in [-0.3, -0.25) is 4.79 Å². The largest absolute Gasteiger partial charge is 0.468 e. The van der Waals surface area contributed by atoms with E-state index in [1.165, 1.54) is 18.3 Å². The number of halogens is 5. The highest BCUT2D eigenvalue weighted by atomic mass is 35.5. The number of ether oxygens (including phenoxy) is 1. The van der Waals surface area contributed by atoms with Gasteiger partial charge in [-0.15, -0.1) is 24.8 Å². The SMILES string of the molecule is CCC1(C(=O)Nc2ccc(OCC(F)(F)F)nc2)CCCN1.Cl.Cl. The maximum atomic E-state index is 12.3. The van der Waals surface area contributed by atoms with E-state index in [2.05, 4.69) is 20.4 Å². The van der Waals surface area contributed by atoms with Crippen LogP contribution in [0.15, 0.2) is 18.3 Å². The molecular formula is C14H20Cl2F3N3O2. The number of nitrogens with zero attached hydrogens (tertiary/aromatic N) is 1. The predicted octanol–water partition coefficient (Wildman–Crippen LogP) is 3.34. The van der Waals surface area contributed by atoms with Gasteiger partial charge in [0.05, 0.1) is 17.4 Å². The van der Waals surface area contributed by atoms with Gasteiger partial charge in [0.2, 0.25) is 11.8 Å². The second kappa shape index (κ2) is 9.29. The average molecular weight is 390 g/mol. The Hall–Kier alpha value is -1.25. The third-order valence-corrected chi connectivity index (χ3v) is 3.66. The van der Waals surface area contributed by atoms with Crippen LogP contribution >= 0.6 is 24.8 Å². The summed E-state index contributed by atoms with van der Waals surface area (Å²) < 4.78 is 40.6. The van der Waals surface area contributed by atoms with Gasteiger partial charge in [-0.1, -0.05) is 6.92 Å². The summed E-state index contributed by atoms with van der Waals surface area (Å²) in [6.45, 7) is 1.34. The van der Waals surface area contributed by atoms with Crippen LogP contribution in [0.3, 0.4) is 0 Å². The molecule has 1 saturated heterocycles. The lowest BCUT2D eigenvalue weighted by Crippen LogP contribution is -2.50. The molecule has 1 aliphatic rings. The summed E-state index contributed by atoms with van der Waals surface area (Å²) in [6.07, 6.45) is -0.767. The van der Waals surface area contributed by atoms with Crippen molar-refractivity contribution in [2.75, 3.05) is 18.5 Å². The highest BCUT2D eigenvalue weighted by molar-refractivity contribution is 5.98. The molecule has 0 bridgehead atoms. The van der Waals surface area contributed by atoms with E-state index in [9.17, 15) is 18.0 Å². The highest BCUT2D eigenvalue weighted by Crippen LogP contribution is 2.25. The van der Waals surface area contributed by atoms with E-state index in [1.807, 2.05) is 6.92 Å². The molecule has 0 spiro atoms. The Balaban J connectivity index is 0.00000264. The zero-order chi connectivity index (χ0) is 16.2. The minimum atomic E-state index is -4.41. The van der Waals surface area contributed by atoms with Crippen molar-refractivity contribution >= 4 is 36.4 Å². The number of aromatic nitrogens is 1. The van der Waals surface area contributed by atoms with Crippen LogP contribution in [0, 0.1) is 0 Å². The number of carbonyl (C=O) groups excluding carboxylic acids is 1. The van der Waals surface area contributed by atoms with Crippen molar-refractivity contribution in [3.05, 3.63) is 18.3 Å². The predicted molar refractivity (Wildman–Crippen MR) is 89.2 cm³/mol. The zero-order valence-electron chi connectivity index (χ0n) is 13.0. The molecular weight excluding hydrogens is 370 g/mol. The first-order valence-corrected chi connectivity index (χ1v) is 7.07. The summed E-state index contributed by atoms with van der Waals surface area (Å²) in [5, 5.41) is 5.94. The van der Waals surface area contributed by atoms with E-state index in [-0.39, 0.29) is 36.6 Å². The fraction of sp³-hybridized carbons (Fsp3) is 0.571. The molecule has 0 aliphatic carbocycles. The zero-order valence-corrected chi connectivity index (χ0v) is 14.6. The van der Waals surface area contributed by atoms with Crippen molar-refractivity contribution in [2.45, 2.75) is 37.9 Å². The van der Waals surface area contributed by atoms with E-state index < -0.39 is 18.3 Å². The molecule has 10 heteroatoms. The van der Waals surface area contributed by atoms with E-state index in [0.717, 1.165) is 19.4 Å². The number of carbonyl (C=O) groups is 1. The van der Waals surface area contributed by atoms with Crippen molar-refractivity contribution in [2.24, 2.45) is 0 Å². The quantitative estimate of drug-likeness (QED) is 0.810. The van der Waals surface area contributed by atoms with Gasteiger partial charge in [0.15, 0.2) is 6.61 Å². The molecule has 2 N–H and O–H groups in total. The molecule has 0 saturated carbocycles. The van der Waals surface area contributed by atoms with Gasteiger partial charge in [0.25, 0.3) is 0 Å². The number of hydrogen-bond donors (Lipinski definition) is 2. The van der Waals surface area contributed by atoms with Crippen molar-refractivity contribution in [3.8, 4) is 5.88 Å². The lowest BCUT2D eigenvalue weighted by atomic mass is 9.93. The molecule has 138 valence electrons. The van der Waals surface area contributed by atoms with Gasteiger partial charge in [-0.2, -0.15) is 13.2 Å². The van der Waals surface area contributed by atoms with Crippen molar-refractivity contribution < 1.29 is 22.7 Å². The molecule has 1 amide bonds. The fourth-order valence-corrected chi connectivity index (χ4v) is 2.41. The van der Waals surface area contributed by atoms with Gasteiger partial charge in [-0.25, -0.2) is 4.98 Å².